The van der Waals surface area contributed by atoms with Crippen LogP contribution in [-0.4, -0.2) is 50.0 Å². The molecule has 7 nitrogen and oxygen atoms in total. The van der Waals surface area contributed by atoms with Gasteiger partial charge in [-0.1, -0.05) is 92.2 Å². The molecule has 0 fully saturated rings. The third kappa shape index (κ3) is 8.42. The number of para-hydroxylation sites is 1. The highest BCUT2D eigenvalue weighted by Crippen LogP contribution is 2.25. The Hall–Kier alpha value is -3.65. The first kappa shape index (κ1) is 30.9. The van der Waals surface area contributed by atoms with Gasteiger partial charge in [-0.3, -0.25) is 13.9 Å². The second-order valence-corrected chi connectivity index (χ2v) is 12.2. The number of sulfonamides is 1. The molecular formula is C32H41N3O4S. The predicted octanol–water partition coefficient (Wildman–Crippen LogP) is 4.88. The van der Waals surface area contributed by atoms with E-state index in [1.165, 1.54) is 4.90 Å². The molecule has 3 aromatic rings. The van der Waals surface area contributed by atoms with Gasteiger partial charge in [-0.25, -0.2) is 8.42 Å². The summed E-state index contributed by atoms with van der Waals surface area (Å²) in [5.41, 5.74) is 4.09. The molecule has 0 unspecified atom stereocenters. The number of hydrogen-bond donors (Lipinski definition) is 1. The van der Waals surface area contributed by atoms with Crippen LogP contribution in [0.4, 0.5) is 5.69 Å². The fourth-order valence-electron chi connectivity index (χ4n) is 4.65. The summed E-state index contributed by atoms with van der Waals surface area (Å²) in [5.74, 6) is -0.711. The highest BCUT2D eigenvalue weighted by molar-refractivity contribution is 7.92. The van der Waals surface area contributed by atoms with Gasteiger partial charge in [0.15, 0.2) is 0 Å². The van der Waals surface area contributed by atoms with Gasteiger partial charge < -0.3 is 10.2 Å². The van der Waals surface area contributed by atoms with Crippen molar-refractivity contribution in [3.63, 3.8) is 0 Å². The smallest absolute Gasteiger partial charge is 0.244 e. The van der Waals surface area contributed by atoms with Crippen LogP contribution in [0.1, 0.15) is 49.4 Å². The summed E-state index contributed by atoms with van der Waals surface area (Å²) in [4.78, 5) is 29.5. The number of nitrogens with zero attached hydrogens (tertiary/aromatic N) is 2. The van der Waals surface area contributed by atoms with Crippen molar-refractivity contribution in [2.75, 3.05) is 17.1 Å². The lowest BCUT2D eigenvalue weighted by atomic mass is 10.0. The largest absolute Gasteiger partial charge is 0.352 e. The summed E-state index contributed by atoms with van der Waals surface area (Å²) in [6.45, 7) is 7.59. The molecule has 0 saturated carbocycles. The summed E-state index contributed by atoms with van der Waals surface area (Å²) >= 11 is 0. The van der Waals surface area contributed by atoms with Crippen LogP contribution in [0.25, 0.3) is 0 Å². The van der Waals surface area contributed by atoms with Crippen molar-refractivity contribution in [2.45, 2.75) is 65.6 Å². The minimum Gasteiger partial charge on any atom is -0.352 e. The molecule has 0 bridgehead atoms. The summed E-state index contributed by atoms with van der Waals surface area (Å²) in [5, 5.41) is 3.05. The number of hydrogen-bond acceptors (Lipinski definition) is 4. The van der Waals surface area contributed by atoms with Crippen molar-refractivity contribution < 1.29 is 18.0 Å². The molecule has 214 valence electrons. The zero-order valence-corrected chi connectivity index (χ0v) is 24.9. The molecule has 0 spiro atoms. The van der Waals surface area contributed by atoms with Gasteiger partial charge in [0.25, 0.3) is 0 Å². The van der Waals surface area contributed by atoms with E-state index < -0.39 is 28.5 Å². The molecule has 2 atom stereocenters. The standard InChI is InChI=1S/C32H41N3O4S/c1-6-25(4)33-32(37)30(21-26-15-9-8-10-16-26)34(22-27-17-13-14-24(3)20-27)31(36)23-35(40(5,38)39)29-19-12-11-18-28(29)7-2/h8-20,25,30H,6-7,21-23H2,1-5H3,(H,33,37)/t25-,30-/m0/s1. The fraction of sp³-hybridized carbons (Fsp3) is 0.375. The average molecular weight is 564 g/mol. The molecule has 0 heterocycles. The van der Waals surface area contributed by atoms with Gasteiger partial charge in [0.05, 0.1) is 11.9 Å². The van der Waals surface area contributed by atoms with Crippen molar-refractivity contribution >= 4 is 27.5 Å². The maximum Gasteiger partial charge on any atom is 0.244 e. The van der Waals surface area contributed by atoms with Gasteiger partial charge in [-0.2, -0.15) is 0 Å². The maximum atomic E-state index is 14.2. The Morgan fingerprint density at radius 3 is 2.17 bits per heavy atom. The number of aryl methyl sites for hydroxylation is 2. The highest BCUT2D eigenvalue weighted by atomic mass is 32.2. The molecule has 0 aliphatic heterocycles. The minimum absolute atomic E-state index is 0.0781. The fourth-order valence-corrected chi connectivity index (χ4v) is 5.53. The Kier molecular flexibility index (Phi) is 10.9. The molecule has 8 heteroatoms. The SMILES string of the molecule is CCc1ccccc1N(CC(=O)N(Cc1cccc(C)c1)[C@@H](Cc1ccccc1)C(=O)N[C@@H](C)CC)S(C)(=O)=O. The molecule has 40 heavy (non-hydrogen) atoms. The van der Waals surface area contributed by atoms with Crippen LogP contribution in [0.15, 0.2) is 78.9 Å². The van der Waals surface area contributed by atoms with E-state index in [2.05, 4.69) is 5.32 Å². The number of carbonyl (C=O) groups is 2. The average Bonchev–Trinajstić information content (AvgIpc) is 2.93. The first-order chi connectivity index (χ1) is 19.0. The molecular weight excluding hydrogens is 522 g/mol. The van der Waals surface area contributed by atoms with Crippen molar-refractivity contribution in [2.24, 2.45) is 0 Å². The number of anilines is 1. The van der Waals surface area contributed by atoms with E-state index in [0.29, 0.717) is 18.5 Å². The highest BCUT2D eigenvalue weighted by Gasteiger charge is 2.33. The first-order valence-corrected chi connectivity index (χ1v) is 15.6. The monoisotopic (exact) mass is 563 g/mol. The van der Waals surface area contributed by atoms with Gasteiger partial charge in [0, 0.05) is 19.0 Å². The third-order valence-electron chi connectivity index (χ3n) is 7.03. The predicted molar refractivity (Wildman–Crippen MR) is 162 cm³/mol. The topological polar surface area (TPSA) is 86.8 Å². The first-order valence-electron chi connectivity index (χ1n) is 13.8. The quantitative estimate of drug-likeness (QED) is 0.321. The van der Waals surface area contributed by atoms with E-state index in [0.717, 1.165) is 39.2 Å². The lowest BCUT2D eigenvalue weighted by molar-refractivity contribution is -0.140. The zero-order chi connectivity index (χ0) is 29.3. The van der Waals surface area contributed by atoms with Crippen molar-refractivity contribution in [3.05, 3.63) is 101 Å². The van der Waals surface area contributed by atoms with Crippen molar-refractivity contribution in [1.29, 1.82) is 0 Å². The van der Waals surface area contributed by atoms with Gasteiger partial charge in [-0.05, 0) is 49.4 Å². The number of carbonyl (C=O) groups excluding carboxylic acids is 2. The summed E-state index contributed by atoms with van der Waals surface area (Å²) in [7, 11) is -3.80. The van der Waals surface area contributed by atoms with E-state index in [4.69, 9.17) is 0 Å². The molecule has 3 rings (SSSR count). The lowest BCUT2D eigenvalue weighted by Gasteiger charge is -2.34. The van der Waals surface area contributed by atoms with Gasteiger partial charge in [0.1, 0.15) is 12.6 Å². The number of benzene rings is 3. The molecule has 1 N–H and O–H groups in total. The van der Waals surface area contributed by atoms with Crippen LogP contribution in [0.3, 0.4) is 0 Å². The van der Waals surface area contributed by atoms with Crippen LogP contribution in [0, 0.1) is 6.92 Å². The Morgan fingerprint density at radius 2 is 1.55 bits per heavy atom. The molecule has 2 amide bonds. The molecule has 0 radical (unpaired) electrons. The number of rotatable bonds is 13. The number of amides is 2. The van der Waals surface area contributed by atoms with Gasteiger partial charge in [0.2, 0.25) is 21.8 Å². The van der Waals surface area contributed by atoms with Crippen LogP contribution < -0.4 is 9.62 Å². The lowest BCUT2D eigenvalue weighted by Crippen LogP contribution is -2.54. The summed E-state index contributed by atoms with van der Waals surface area (Å²) in [6.07, 6.45) is 2.75. The van der Waals surface area contributed by atoms with Crippen LogP contribution >= 0.6 is 0 Å². The minimum atomic E-state index is -3.80. The molecule has 0 aliphatic carbocycles. The van der Waals surface area contributed by atoms with E-state index in [-0.39, 0.29) is 18.5 Å². The molecule has 3 aromatic carbocycles. The second-order valence-electron chi connectivity index (χ2n) is 10.3. The normalized spacial score (nSPS) is 12.8. The van der Waals surface area contributed by atoms with E-state index in [1.54, 1.807) is 12.1 Å². The van der Waals surface area contributed by atoms with Crippen molar-refractivity contribution in [3.8, 4) is 0 Å². The molecule has 0 aromatic heterocycles. The Morgan fingerprint density at radius 1 is 0.900 bits per heavy atom. The van der Waals surface area contributed by atoms with Crippen LogP contribution in [0.2, 0.25) is 0 Å². The summed E-state index contributed by atoms with van der Waals surface area (Å²) in [6, 6.07) is 23.6. The number of nitrogens with one attached hydrogen (secondary N) is 1. The van der Waals surface area contributed by atoms with E-state index in [9.17, 15) is 18.0 Å². The molecule has 0 aliphatic rings. The summed E-state index contributed by atoms with van der Waals surface area (Å²) < 4.78 is 27.2. The second kappa shape index (κ2) is 14.1. The van der Waals surface area contributed by atoms with E-state index >= 15 is 0 Å². The van der Waals surface area contributed by atoms with E-state index in [1.807, 2.05) is 94.4 Å². The Balaban J connectivity index is 2.08. The third-order valence-corrected chi connectivity index (χ3v) is 8.15. The van der Waals surface area contributed by atoms with Crippen LogP contribution in [-0.2, 0) is 39.0 Å². The van der Waals surface area contributed by atoms with Crippen molar-refractivity contribution in [1.82, 2.24) is 10.2 Å². The maximum absolute atomic E-state index is 14.2. The Labute approximate surface area is 239 Å². The van der Waals surface area contributed by atoms with Gasteiger partial charge in [-0.15, -0.1) is 0 Å². The molecule has 0 saturated heterocycles. The van der Waals surface area contributed by atoms with Crippen LogP contribution in [0.5, 0.6) is 0 Å². The zero-order valence-electron chi connectivity index (χ0n) is 24.1. The van der Waals surface area contributed by atoms with Gasteiger partial charge >= 0.3 is 0 Å². The Bertz CT molecular complexity index is 1390.